The van der Waals surface area contributed by atoms with Crippen LogP contribution in [-0.4, -0.2) is 79.4 Å². The van der Waals surface area contributed by atoms with E-state index in [1.807, 2.05) is 6.07 Å². The van der Waals surface area contributed by atoms with Crippen LogP contribution in [0, 0.1) is 11.8 Å². The molecule has 0 radical (unpaired) electrons. The molecular formula is C40H38ClN3O10. The van der Waals surface area contributed by atoms with Gasteiger partial charge in [0, 0.05) is 66.8 Å². The summed E-state index contributed by atoms with van der Waals surface area (Å²) in [6.07, 6.45) is 0.690. The van der Waals surface area contributed by atoms with Crippen molar-refractivity contribution in [1.29, 1.82) is 0 Å². The van der Waals surface area contributed by atoms with Crippen LogP contribution in [-0.2, 0) is 29.0 Å². The highest BCUT2D eigenvalue weighted by Gasteiger charge is 2.63. The van der Waals surface area contributed by atoms with Crippen LogP contribution in [0.2, 0.25) is 5.02 Å². The number of nitrogens with zero attached hydrogens (tertiary/aromatic N) is 2. The lowest BCUT2D eigenvalue weighted by atomic mass is 9.70. The van der Waals surface area contributed by atoms with Crippen LogP contribution >= 0.6 is 11.6 Å². The number of halogens is 1. The van der Waals surface area contributed by atoms with Crippen LogP contribution in [0.5, 0.6) is 23.0 Å². The number of ketones is 2. The number of furan rings is 1. The molecule has 2 amide bonds. The fourth-order valence-corrected chi connectivity index (χ4v) is 8.85. The summed E-state index contributed by atoms with van der Waals surface area (Å²) in [7, 11) is 4.35. The van der Waals surface area contributed by atoms with Gasteiger partial charge in [-0.3, -0.25) is 24.0 Å². The predicted octanol–water partition coefficient (Wildman–Crippen LogP) is 4.48. The van der Waals surface area contributed by atoms with Gasteiger partial charge >= 0.3 is 0 Å². The molecule has 280 valence electrons. The van der Waals surface area contributed by atoms with E-state index in [-0.39, 0.29) is 87.4 Å². The van der Waals surface area contributed by atoms with Gasteiger partial charge in [0.25, 0.3) is 5.56 Å². The third-order valence-corrected chi connectivity index (χ3v) is 11.6. The number of hydrogen-bond donors (Lipinski definition) is 1. The van der Waals surface area contributed by atoms with Gasteiger partial charge in [0.2, 0.25) is 29.0 Å². The molecule has 1 aliphatic carbocycles. The van der Waals surface area contributed by atoms with E-state index in [1.54, 1.807) is 59.9 Å². The summed E-state index contributed by atoms with van der Waals surface area (Å²) in [5, 5.41) is 2.78. The van der Waals surface area contributed by atoms with Crippen molar-refractivity contribution >= 4 is 35.0 Å². The van der Waals surface area contributed by atoms with E-state index in [4.69, 9.17) is 35.0 Å². The van der Waals surface area contributed by atoms with Crippen LogP contribution in [0.1, 0.15) is 57.0 Å². The summed E-state index contributed by atoms with van der Waals surface area (Å²) in [6.45, 7) is 2.93. The Bertz CT molecular complexity index is 2300. The first kappa shape index (κ1) is 35.5. The zero-order chi connectivity index (χ0) is 38.1. The molecule has 14 heteroatoms. The highest BCUT2D eigenvalue weighted by molar-refractivity contribution is 6.36. The molecule has 0 saturated carbocycles. The molecule has 54 heavy (non-hydrogen) atoms. The van der Waals surface area contributed by atoms with E-state index < -0.39 is 29.0 Å². The third kappa shape index (κ3) is 5.47. The fraction of sp³-hybridized carbons (Fsp3) is 0.375. The van der Waals surface area contributed by atoms with Crippen LogP contribution in [0.4, 0.5) is 0 Å². The monoisotopic (exact) mass is 755 g/mol. The first-order chi connectivity index (χ1) is 26.0. The highest BCUT2D eigenvalue weighted by Crippen LogP contribution is 2.54. The number of methoxy groups -OCH3 is 3. The molecule has 2 aromatic carbocycles. The quantitative estimate of drug-likeness (QED) is 0.255. The van der Waals surface area contributed by atoms with Crippen LogP contribution in [0.25, 0.3) is 11.3 Å². The summed E-state index contributed by atoms with van der Waals surface area (Å²) < 4.78 is 30.7. The van der Waals surface area contributed by atoms with Gasteiger partial charge in [-0.15, -0.1) is 0 Å². The van der Waals surface area contributed by atoms with E-state index in [1.165, 1.54) is 20.3 Å². The average molecular weight is 756 g/mol. The standard InChI is InChI=1S/C40H38ClN3O10/c1-20-12-28-33(38(48)40(20)39(49)34-27(51-3)15-29(52-4)35(41)37(34)54-40)25(36(53-28)22-8-10-24(50-2)11-9-22)14-30(45)42-16-32(47)43-17-21-13-23(19-43)26-6-5-7-31(46)44(26)18-21/h5-11,15,20-21,23H,12-14,16-19H2,1-4H3,(H,42,45)/t20-,21+,23-,40+/m1/s1. The van der Waals surface area contributed by atoms with E-state index in [0.717, 1.165) is 12.1 Å². The molecular weight excluding hydrogens is 718 g/mol. The van der Waals surface area contributed by atoms with Gasteiger partial charge in [0.05, 0.1) is 39.9 Å². The topological polar surface area (TPSA) is 156 Å². The predicted molar refractivity (Wildman–Crippen MR) is 195 cm³/mol. The maximum Gasteiger partial charge on any atom is 0.250 e. The molecule has 1 spiro atoms. The number of fused-ring (bicyclic) bond motifs is 6. The summed E-state index contributed by atoms with van der Waals surface area (Å²) >= 11 is 6.63. The Kier molecular flexibility index (Phi) is 8.79. The van der Waals surface area contributed by atoms with Crippen molar-refractivity contribution in [2.24, 2.45) is 11.8 Å². The number of ether oxygens (including phenoxy) is 4. The molecule has 1 fully saturated rings. The third-order valence-electron chi connectivity index (χ3n) is 11.2. The normalized spacial score (nSPS) is 22.2. The molecule has 2 bridgehead atoms. The Morgan fingerprint density at radius 3 is 2.41 bits per heavy atom. The van der Waals surface area contributed by atoms with Crippen LogP contribution in [0.3, 0.4) is 0 Å². The molecule has 13 nitrogen and oxygen atoms in total. The van der Waals surface area contributed by atoms with Gasteiger partial charge in [0.15, 0.2) is 5.75 Å². The Hall–Kier alpha value is -5.56. The van der Waals surface area contributed by atoms with Crippen molar-refractivity contribution in [3.63, 3.8) is 0 Å². The lowest BCUT2D eigenvalue weighted by Gasteiger charge is -2.42. The van der Waals surface area contributed by atoms with Gasteiger partial charge in [-0.05, 0) is 42.7 Å². The second kappa shape index (κ2) is 13.4. The minimum Gasteiger partial charge on any atom is -0.497 e. The summed E-state index contributed by atoms with van der Waals surface area (Å²) in [5.74, 6) is -1.09. The van der Waals surface area contributed by atoms with Crippen molar-refractivity contribution in [1.82, 2.24) is 14.8 Å². The van der Waals surface area contributed by atoms with Crippen molar-refractivity contribution in [2.75, 3.05) is 41.0 Å². The lowest BCUT2D eigenvalue weighted by molar-refractivity contribution is -0.135. The molecule has 4 aromatic rings. The average Bonchev–Trinajstić information content (AvgIpc) is 3.69. The number of aromatic nitrogens is 1. The number of nitrogens with one attached hydrogen (secondary N) is 1. The second-order valence-corrected chi connectivity index (χ2v) is 14.7. The van der Waals surface area contributed by atoms with Gasteiger partial charge in [-0.1, -0.05) is 24.6 Å². The summed E-state index contributed by atoms with van der Waals surface area (Å²) in [4.78, 5) is 70.7. The van der Waals surface area contributed by atoms with Crippen molar-refractivity contribution in [2.45, 2.75) is 44.2 Å². The Labute approximate surface area is 315 Å². The molecule has 8 rings (SSSR count). The van der Waals surface area contributed by atoms with E-state index >= 15 is 0 Å². The number of piperidine rings is 1. The molecule has 3 aliphatic heterocycles. The highest BCUT2D eigenvalue weighted by atomic mass is 35.5. The Morgan fingerprint density at radius 2 is 1.69 bits per heavy atom. The first-order valence-corrected chi connectivity index (χ1v) is 18.1. The zero-order valence-corrected chi connectivity index (χ0v) is 30.9. The minimum atomic E-state index is -2.02. The van der Waals surface area contributed by atoms with Crippen LogP contribution < -0.4 is 29.8 Å². The molecule has 0 unspecified atom stereocenters. The maximum atomic E-state index is 14.9. The van der Waals surface area contributed by atoms with Crippen molar-refractivity contribution in [3.05, 3.63) is 92.1 Å². The summed E-state index contributed by atoms with van der Waals surface area (Å²) in [5.41, 5.74) is -0.205. The molecule has 4 atom stereocenters. The number of amides is 2. The molecule has 2 aromatic heterocycles. The largest absolute Gasteiger partial charge is 0.497 e. The Balaban J connectivity index is 1.09. The van der Waals surface area contributed by atoms with E-state index in [2.05, 4.69) is 5.32 Å². The SMILES string of the molecule is COc1ccc(-c2oc3c(c2CC(=O)NCC(=O)N2C[C@@H]4C[C@H](C2)c2cccc(=O)n2C4)C(=O)[C@@]2(Oc4c(Cl)c(OC)cc(OC)c4C2=O)[C@H](C)C3)cc1. The van der Waals surface area contributed by atoms with Gasteiger partial charge in [0.1, 0.15) is 39.4 Å². The summed E-state index contributed by atoms with van der Waals surface area (Å²) in [6, 6.07) is 13.7. The number of carbonyl (C=O) groups is 4. The number of Topliss-reactive ketones (excluding diaryl/α,β-unsaturated/α-hetero) is 2. The number of hydrogen-bond acceptors (Lipinski definition) is 10. The van der Waals surface area contributed by atoms with Gasteiger partial charge in [-0.25, -0.2) is 0 Å². The number of carbonyl (C=O) groups excluding carboxylic acids is 4. The number of pyridine rings is 1. The van der Waals surface area contributed by atoms with Crippen LogP contribution in [0.15, 0.2) is 57.7 Å². The first-order valence-electron chi connectivity index (χ1n) is 17.7. The fourth-order valence-electron chi connectivity index (χ4n) is 8.59. The van der Waals surface area contributed by atoms with E-state index in [0.29, 0.717) is 36.7 Å². The zero-order valence-electron chi connectivity index (χ0n) is 30.2. The number of rotatable bonds is 8. The van der Waals surface area contributed by atoms with E-state index in [9.17, 15) is 24.0 Å². The van der Waals surface area contributed by atoms with Gasteiger partial charge in [-0.2, -0.15) is 0 Å². The lowest BCUT2D eigenvalue weighted by Crippen LogP contribution is -2.56. The number of benzene rings is 2. The van der Waals surface area contributed by atoms with Crippen molar-refractivity contribution < 1.29 is 42.5 Å². The smallest absolute Gasteiger partial charge is 0.250 e. The maximum absolute atomic E-state index is 14.9. The van der Waals surface area contributed by atoms with Gasteiger partial charge < -0.3 is 38.1 Å². The Morgan fingerprint density at radius 1 is 0.944 bits per heavy atom. The van der Waals surface area contributed by atoms with Crippen molar-refractivity contribution in [3.8, 4) is 34.3 Å². The molecule has 1 saturated heterocycles. The number of likely N-dealkylation sites (tertiary alicyclic amines) is 1. The molecule has 5 heterocycles. The molecule has 4 aliphatic rings. The molecule has 1 N–H and O–H groups in total. The second-order valence-electron chi connectivity index (χ2n) is 14.3. The minimum absolute atomic E-state index is 0.0180.